The molecule has 0 saturated carbocycles. The lowest BCUT2D eigenvalue weighted by atomic mass is 10.0. The van der Waals surface area contributed by atoms with Gasteiger partial charge in [0.15, 0.2) is 6.29 Å². The van der Waals surface area contributed by atoms with Gasteiger partial charge in [0.25, 0.3) is 0 Å². The van der Waals surface area contributed by atoms with Crippen molar-refractivity contribution >= 4 is 5.91 Å². The molecule has 0 spiro atoms. The van der Waals surface area contributed by atoms with Crippen LogP contribution >= 0.6 is 0 Å². The maximum atomic E-state index is 11.8. The van der Waals surface area contributed by atoms with E-state index in [9.17, 15) is 4.79 Å². The highest BCUT2D eigenvalue weighted by Gasteiger charge is 2.28. The van der Waals surface area contributed by atoms with E-state index < -0.39 is 0 Å². The number of amides is 1. The van der Waals surface area contributed by atoms with Gasteiger partial charge in [0, 0.05) is 39.1 Å². The quantitative estimate of drug-likeness (QED) is 0.595. The number of carbonyl (C=O) groups excluding carboxylic acids is 1. The molecule has 1 rings (SSSR count). The molecule has 1 fully saturated rings. The zero-order valence-electron chi connectivity index (χ0n) is 12.0. The van der Waals surface area contributed by atoms with Crippen LogP contribution in [0.25, 0.3) is 0 Å². The summed E-state index contributed by atoms with van der Waals surface area (Å²) in [5.41, 5.74) is 0. The second-order valence-corrected chi connectivity index (χ2v) is 4.83. The Labute approximate surface area is 111 Å². The molecule has 0 radical (unpaired) electrons. The Morgan fingerprint density at radius 2 is 1.94 bits per heavy atom. The molecule has 0 aliphatic carbocycles. The molecule has 4 nitrogen and oxygen atoms in total. The van der Waals surface area contributed by atoms with E-state index in [0.717, 1.165) is 38.8 Å². The molecule has 0 aromatic carbocycles. The van der Waals surface area contributed by atoms with Crippen molar-refractivity contribution in [3.05, 3.63) is 0 Å². The van der Waals surface area contributed by atoms with Crippen molar-refractivity contribution in [2.45, 2.75) is 52.7 Å². The number of carbonyl (C=O) groups is 1. The highest BCUT2D eigenvalue weighted by atomic mass is 16.7. The Morgan fingerprint density at radius 3 is 2.50 bits per heavy atom. The minimum absolute atomic E-state index is 0.168. The van der Waals surface area contributed by atoms with E-state index >= 15 is 0 Å². The van der Waals surface area contributed by atoms with Gasteiger partial charge in [0.05, 0.1) is 0 Å². The lowest BCUT2D eigenvalue weighted by Crippen LogP contribution is -2.30. The van der Waals surface area contributed by atoms with Crippen LogP contribution in [0.4, 0.5) is 0 Å². The zero-order valence-corrected chi connectivity index (χ0v) is 12.0. The average Bonchev–Trinajstić information content (AvgIpc) is 2.68. The Kier molecular flexibility index (Phi) is 7.28. The van der Waals surface area contributed by atoms with Gasteiger partial charge < -0.3 is 14.4 Å². The van der Waals surface area contributed by atoms with Crippen molar-refractivity contribution in [3.8, 4) is 0 Å². The highest BCUT2D eigenvalue weighted by Crippen LogP contribution is 2.22. The standard InChI is InChI=1S/C14H27NO3/c1-4-7-12-10-13(16)15(11-12)9-8-14(17-5-2)18-6-3/h12,14H,4-11H2,1-3H3. The normalized spacial score (nSPS) is 20.1. The van der Waals surface area contributed by atoms with Crippen LogP contribution in [-0.4, -0.2) is 43.4 Å². The summed E-state index contributed by atoms with van der Waals surface area (Å²) in [5, 5.41) is 0. The summed E-state index contributed by atoms with van der Waals surface area (Å²) in [6, 6.07) is 0. The zero-order chi connectivity index (χ0) is 13.4. The van der Waals surface area contributed by atoms with E-state index in [0.29, 0.717) is 25.0 Å². The van der Waals surface area contributed by atoms with Gasteiger partial charge in [-0.15, -0.1) is 0 Å². The smallest absolute Gasteiger partial charge is 0.222 e. The summed E-state index contributed by atoms with van der Waals surface area (Å²) in [6.45, 7) is 9.07. The Balaban J connectivity index is 2.31. The summed E-state index contributed by atoms with van der Waals surface area (Å²) in [4.78, 5) is 13.8. The van der Waals surface area contributed by atoms with E-state index in [2.05, 4.69) is 6.92 Å². The van der Waals surface area contributed by atoms with E-state index in [4.69, 9.17) is 9.47 Å². The summed E-state index contributed by atoms with van der Waals surface area (Å²) in [5.74, 6) is 0.848. The van der Waals surface area contributed by atoms with Crippen molar-refractivity contribution in [3.63, 3.8) is 0 Å². The summed E-state index contributed by atoms with van der Waals surface area (Å²) < 4.78 is 11.0. The minimum Gasteiger partial charge on any atom is -0.353 e. The third-order valence-electron chi connectivity index (χ3n) is 3.33. The number of rotatable bonds is 9. The van der Waals surface area contributed by atoms with Gasteiger partial charge in [-0.25, -0.2) is 0 Å². The molecule has 106 valence electrons. The van der Waals surface area contributed by atoms with Gasteiger partial charge in [-0.05, 0) is 26.2 Å². The van der Waals surface area contributed by atoms with Crippen LogP contribution in [0.5, 0.6) is 0 Å². The Morgan fingerprint density at radius 1 is 1.28 bits per heavy atom. The largest absolute Gasteiger partial charge is 0.353 e. The van der Waals surface area contributed by atoms with Crippen LogP contribution in [0.15, 0.2) is 0 Å². The van der Waals surface area contributed by atoms with Crippen molar-refractivity contribution in [2.24, 2.45) is 5.92 Å². The van der Waals surface area contributed by atoms with Crippen molar-refractivity contribution < 1.29 is 14.3 Å². The van der Waals surface area contributed by atoms with E-state index in [-0.39, 0.29) is 6.29 Å². The predicted molar refractivity (Wildman–Crippen MR) is 71.3 cm³/mol. The number of nitrogens with zero attached hydrogens (tertiary/aromatic N) is 1. The Bertz CT molecular complexity index is 239. The fraction of sp³-hybridized carbons (Fsp3) is 0.929. The fourth-order valence-corrected chi connectivity index (χ4v) is 2.52. The second kappa shape index (κ2) is 8.48. The van der Waals surface area contributed by atoms with E-state index in [1.165, 1.54) is 0 Å². The van der Waals surface area contributed by atoms with Crippen LogP contribution < -0.4 is 0 Å². The third kappa shape index (κ3) is 4.94. The van der Waals surface area contributed by atoms with Gasteiger partial charge in [-0.3, -0.25) is 4.79 Å². The van der Waals surface area contributed by atoms with Crippen LogP contribution in [0, 0.1) is 5.92 Å². The summed E-state index contributed by atoms with van der Waals surface area (Å²) in [6.07, 6.45) is 3.64. The first-order chi connectivity index (χ1) is 8.71. The number of hydrogen-bond acceptors (Lipinski definition) is 3. The minimum atomic E-state index is -0.168. The lowest BCUT2D eigenvalue weighted by molar-refractivity contribution is -0.144. The molecule has 1 amide bonds. The molecule has 1 atom stereocenters. The lowest BCUT2D eigenvalue weighted by Gasteiger charge is -2.21. The maximum absolute atomic E-state index is 11.8. The first-order valence-corrected chi connectivity index (χ1v) is 7.22. The number of hydrogen-bond donors (Lipinski definition) is 0. The van der Waals surface area contributed by atoms with Crippen LogP contribution in [-0.2, 0) is 14.3 Å². The molecule has 0 bridgehead atoms. The molecule has 18 heavy (non-hydrogen) atoms. The molecular weight excluding hydrogens is 230 g/mol. The molecule has 4 heteroatoms. The predicted octanol–water partition coefficient (Wildman–Crippen LogP) is 2.42. The molecule has 0 aromatic rings. The first-order valence-electron chi connectivity index (χ1n) is 7.22. The number of likely N-dealkylation sites (tertiary alicyclic amines) is 1. The summed E-state index contributed by atoms with van der Waals surface area (Å²) in [7, 11) is 0. The van der Waals surface area contributed by atoms with Gasteiger partial charge in [0.1, 0.15) is 0 Å². The fourth-order valence-electron chi connectivity index (χ4n) is 2.52. The molecule has 0 aromatic heterocycles. The highest BCUT2D eigenvalue weighted by molar-refractivity contribution is 5.78. The maximum Gasteiger partial charge on any atom is 0.222 e. The van der Waals surface area contributed by atoms with Gasteiger partial charge >= 0.3 is 0 Å². The Hall–Kier alpha value is -0.610. The van der Waals surface area contributed by atoms with Crippen molar-refractivity contribution in [1.29, 1.82) is 0 Å². The van der Waals surface area contributed by atoms with Crippen molar-refractivity contribution in [1.82, 2.24) is 4.90 Å². The van der Waals surface area contributed by atoms with Gasteiger partial charge in [-0.1, -0.05) is 13.3 Å². The third-order valence-corrected chi connectivity index (χ3v) is 3.33. The molecular formula is C14H27NO3. The monoisotopic (exact) mass is 257 g/mol. The number of ether oxygens (including phenoxy) is 2. The molecule has 1 aliphatic heterocycles. The molecule has 1 aliphatic rings. The molecule has 1 heterocycles. The van der Waals surface area contributed by atoms with Gasteiger partial charge in [-0.2, -0.15) is 0 Å². The SMILES string of the molecule is CCCC1CC(=O)N(CCC(OCC)OCC)C1. The molecule has 1 saturated heterocycles. The molecule has 1 unspecified atom stereocenters. The van der Waals surface area contributed by atoms with E-state index in [1.54, 1.807) is 0 Å². The van der Waals surface area contributed by atoms with Crippen molar-refractivity contribution in [2.75, 3.05) is 26.3 Å². The molecule has 0 N–H and O–H groups in total. The van der Waals surface area contributed by atoms with Crippen LogP contribution in [0.2, 0.25) is 0 Å². The topological polar surface area (TPSA) is 38.8 Å². The first kappa shape index (κ1) is 15.4. The summed E-state index contributed by atoms with van der Waals surface area (Å²) >= 11 is 0. The second-order valence-electron chi connectivity index (χ2n) is 4.83. The van der Waals surface area contributed by atoms with Crippen LogP contribution in [0.1, 0.15) is 46.5 Å². The van der Waals surface area contributed by atoms with Crippen LogP contribution in [0.3, 0.4) is 0 Å². The average molecular weight is 257 g/mol. The van der Waals surface area contributed by atoms with E-state index in [1.807, 2.05) is 18.7 Å². The van der Waals surface area contributed by atoms with Gasteiger partial charge in [0.2, 0.25) is 5.91 Å².